The van der Waals surface area contributed by atoms with Crippen LogP contribution in [0.2, 0.25) is 0 Å². The number of hydrogen-bond acceptors (Lipinski definition) is 4. The Morgan fingerprint density at radius 3 is 1.24 bits per heavy atom. The Labute approximate surface area is 385 Å². The third-order valence-corrected chi connectivity index (χ3v) is 14.2. The van der Waals surface area contributed by atoms with E-state index < -0.39 is 0 Å². The molecule has 11 aromatic rings. The van der Waals surface area contributed by atoms with Crippen LogP contribution in [0, 0.1) is 0 Å². The fourth-order valence-electron chi connectivity index (χ4n) is 10.8. The molecule has 0 radical (unpaired) electrons. The highest BCUT2D eigenvalue weighted by molar-refractivity contribution is 7.00. The number of hydrogen-bond donors (Lipinski definition) is 0. The van der Waals surface area contributed by atoms with Gasteiger partial charge >= 0.3 is 0 Å². The first-order chi connectivity index (χ1) is 31.9. The van der Waals surface area contributed by atoms with Crippen LogP contribution in [0.15, 0.2) is 186 Å². The molecule has 0 fully saturated rings. The van der Waals surface area contributed by atoms with Crippen LogP contribution in [0.3, 0.4) is 0 Å². The number of nitrogens with zero attached hydrogens (tertiary/aromatic N) is 3. The predicted molar refractivity (Wildman–Crippen MR) is 281 cm³/mol. The highest BCUT2D eigenvalue weighted by atomic mass is 16.3. The topological polar surface area (TPSA) is 32.5 Å². The van der Waals surface area contributed by atoms with E-state index in [1.54, 1.807) is 0 Å². The summed E-state index contributed by atoms with van der Waals surface area (Å²) in [6.45, 7) is 13.6. The molecule has 0 spiro atoms. The maximum Gasteiger partial charge on any atom is 0.252 e. The molecule has 5 heteroatoms. The quantitative estimate of drug-likeness (QED) is 0.131. The lowest BCUT2D eigenvalue weighted by Crippen LogP contribution is -2.61. The standard InChI is InChI=1S/C61H48BN3O/c1-60(2,3)46-19-23-48(24-20-46)64-53-33-43-29-39-15-9-7-13-37(39)27-41(43)31-50(53)62-51-32-42-28-38-14-8-10-16-40(38)30-44(42)34-54(51)65(49-25-21-47(22-26-49)61(4,5)6)56-36-45(35-55(64)58(56)62)59-63-52-17-11-12-18-57(52)66-59/h7-36H,1-6H3. The number of para-hydroxylation sites is 2. The van der Waals surface area contributed by atoms with Crippen molar-refractivity contribution in [1.29, 1.82) is 0 Å². The smallest absolute Gasteiger partial charge is 0.252 e. The van der Waals surface area contributed by atoms with Crippen molar-refractivity contribution in [2.45, 2.75) is 52.4 Å². The van der Waals surface area contributed by atoms with Crippen molar-refractivity contribution in [2.75, 3.05) is 9.80 Å². The molecule has 1 aromatic heterocycles. The Balaban J connectivity index is 1.17. The molecule has 0 bridgehead atoms. The first kappa shape index (κ1) is 38.8. The fourth-order valence-corrected chi connectivity index (χ4v) is 10.8. The molecule has 316 valence electrons. The van der Waals surface area contributed by atoms with E-state index in [2.05, 4.69) is 209 Å². The fraction of sp³-hybridized carbons (Fsp3) is 0.131. The van der Waals surface area contributed by atoms with Gasteiger partial charge in [-0.1, -0.05) is 139 Å². The Hall–Kier alpha value is -7.63. The highest BCUT2D eigenvalue weighted by Gasteiger charge is 2.44. The van der Waals surface area contributed by atoms with Crippen LogP contribution in [0.25, 0.3) is 65.6 Å². The first-order valence-electron chi connectivity index (χ1n) is 23.2. The molecule has 4 nitrogen and oxygen atoms in total. The summed E-state index contributed by atoms with van der Waals surface area (Å²) in [7, 11) is 0. The number of benzene rings is 10. The second kappa shape index (κ2) is 13.9. The maximum absolute atomic E-state index is 6.67. The lowest BCUT2D eigenvalue weighted by atomic mass is 9.33. The van der Waals surface area contributed by atoms with Crippen LogP contribution in [0.1, 0.15) is 52.7 Å². The zero-order valence-electron chi connectivity index (χ0n) is 38.1. The zero-order valence-corrected chi connectivity index (χ0v) is 38.1. The van der Waals surface area contributed by atoms with Gasteiger partial charge in [-0.3, -0.25) is 0 Å². The molecule has 0 N–H and O–H groups in total. The number of rotatable bonds is 3. The number of oxazole rings is 1. The summed E-state index contributed by atoms with van der Waals surface area (Å²) in [5.74, 6) is 0.601. The normalized spacial score (nSPS) is 13.5. The maximum atomic E-state index is 6.67. The van der Waals surface area contributed by atoms with Gasteiger partial charge in [-0.05, 0) is 166 Å². The minimum Gasteiger partial charge on any atom is -0.436 e. The van der Waals surface area contributed by atoms with Crippen LogP contribution in [-0.4, -0.2) is 11.7 Å². The number of fused-ring (bicyclic) bond motifs is 9. The van der Waals surface area contributed by atoms with Crippen LogP contribution in [0.4, 0.5) is 34.1 Å². The second-order valence-electron chi connectivity index (χ2n) is 20.5. The number of aromatic nitrogens is 1. The summed E-state index contributed by atoms with van der Waals surface area (Å²) in [5, 5.41) is 9.84. The van der Waals surface area contributed by atoms with Gasteiger partial charge in [0.25, 0.3) is 6.71 Å². The Morgan fingerprint density at radius 1 is 0.409 bits per heavy atom. The molecule has 2 aliphatic heterocycles. The second-order valence-corrected chi connectivity index (χ2v) is 20.5. The summed E-state index contributed by atoms with van der Waals surface area (Å²) in [6.07, 6.45) is 0. The van der Waals surface area contributed by atoms with Crippen LogP contribution in [0.5, 0.6) is 0 Å². The average molecular weight is 850 g/mol. The lowest BCUT2D eigenvalue weighted by Gasteiger charge is -2.44. The van der Waals surface area contributed by atoms with Crippen molar-refractivity contribution in [3.8, 4) is 11.5 Å². The summed E-state index contributed by atoms with van der Waals surface area (Å²) in [6, 6.07) is 68.0. The third kappa shape index (κ3) is 6.03. The van der Waals surface area contributed by atoms with E-state index in [-0.39, 0.29) is 17.5 Å². The molecule has 13 rings (SSSR count). The van der Waals surface area contributed by atoms with E-state index in [9.17, 15) is 0 Å². The van der Waals surface area contributed by atoms with Crippen LogP contribution < -0.4 is 26.2 Å². The van der Waals surface area contributed by atoms with Crippen LogP contribution >= 0.6 is 0 Å². The van der Waals surface area contributed by atoms with Gasteiger partial charge in [0.15, 0.2) is 5.58 Å². The number of anilines is 6. The summed E-state index contributed by atoms with van der Waals surface area (Å²) < 4.78 is 6.67. The molecule has 2 aliphatic rings. The van der Waals surface area contributed by atoms with E-state index >= 15 is 0 Å². The van der Waals surface area contributed by atoms with Crippen molar-refractivity contribution in [3.63, 3.8) is 0 Å². The van der Waals surface area contributed by atoms with Gasteiger partial charge in [-0.15, -0.1) is 0 Å². The van der Waals surface area contributed by atoms with Gasteiger partial charge in [-0.2, -0.15) is 0 Å². The predicted octanol–water partition coefficient (Wildman–Crippen LogP) is 14.8. The molecule has 66 heavy (non-hydrogen) atoms. The molecule has 0 saturated carbocycles. The lowest BCUT2D eigenvalue weighted by molar-refractivity contribution is 0.590. The molecule has 0 amide bonds. The summed E-state index contributed by atoms with van der Waals surface area (Å²) >= 11 is 0. The Morgan fingerprint density at radius 2 is 0.818 bits per heavy atom. The van der Waals surface area contributed by atoms with E-state index in [1.165, 1.54) is 82.0 Å². The monoisotopic (exact) mass is 849 g/mol. The molecule has 0 atom stereocenters. The zero-order chi connectivity index (χ0) is 44.6. The van der Waals surface area contributed by atoms with Gasteiger partial charge in [0.05, 0.1) is 0 Å². The highest BCUT2D eigenvalue weighted by Crippen LogP contribution is 2.48. The van der Waals surface area contributed by atoms with E-state index in [4.69, 9.17) is 9.40 Å². The molecule has 0 unspecified atom stereocenters. The first-order valence-corrected chi connectivity index (χ1v) is 23.2. The minimum absolute atomic E-state index is 0.00752. The molecule has 0 saturated heterocycles. The Bertz CT molecular complexity index is 3550. The van der Waals surface area contributed by atoms with Crippen molar-refractivity contribution in [2.24, 2.45) is 0 Å². The van der Waals surface area contributed by atoms with Gasteiger partial charge < -0.3 is 14.2 Å². The van der Waals surface area contributed by atoms with Crippen LogP contribution in [-0.2, 0) is 10.8 Å². The van der Waals surface area contributed by atoms with Crippen molar-refractivity contribution in [1.82, 2.24) is 4.98 Å². The van der Waals surface area contributed by atoms with Gasteiger partial charge in [0.2, 0.25) is 5.89 Å². The van der Waals surface area contributed by atoms with Crippen molar-refractivity contribution < 1.29 is 4.42 Å². The van der Waals surface area contributed by atoms with Gasteiger partial charge in [-0.25, -0.2) is 4.98 Å². The molecular formula is C61H48BN3O. The average Bonchev–Trinajstić information content (AvgIpc) is 3.76. The molecule has 10 aromatic carbocycles. The van der Waals surface area contributed by atoms with E-state index in [0.717, 1.165) is 39.4 Å². The minimum atomic E-state index is -0.0837. The third-order valence-electron chi connectivity index (χ3n) is 14.2. The largest absolute Gasteiger partial charge is 0.436 e. The summed E-state index contributed by atoms with van der Waals surface area (Å²) in [5.41, 5.74) is 15.8. The van der Waals surface area contributed by atoms with E-state index in [0.29, 0.717) is 5.89 Å². The Kier molecular flexibility index (Phi) is 8.19. The molecular weight excluding hydrogens is 802 g/mol. The SMILES string of the molecule is CC(C)(C)c1ccc(N2c3cc4cc5ccccc5cc4cc3B3c4cc5cc6ccccc6cc5cc4N(c4ccc(C(C)(C)C)cc4)c4cc(-c5nc6ccccc6o5)cc2c43)cc1. The van der Waals surface area contributed by atoms with Crippen molar-refractivity contribution in [3.05, 3.63) is 193 Å². The van der Waals surface area contributed by atoms with Gasteiger partial charge in [0.1, 0.15) is 5.52 Å². The van der Waals surface area contributed by atoms with E-state index in [1.807, 2.05) is 24.3 Å². The van der Waals surface area contributed by atoms with Crippen molar-refractivity contribution >= 4 is 111 Å². The van der Waals surface area contributed by atoms with Gasteiger partial charge in [0, 0.05) is 39.7 Å². The summed E-state index contributed by atoms with van der Waals surface area (Å²) in [4.78, 5) is 10.2. The molecule has 3 heterocycles. The molecule has 0 aliphatic carbocycles.